The molecule has 1 aliphatic carbocycles. The molecule has 0 unspecified atom stereocenters. The van der Waals surface area contributed by atoms with Crippen LogP contribution in [0.25, 0.3) is 10.2 Å². The lowest BCUT2D eigenvalue weighted by molar-refractivity contribution is -0.138. The van der Waals surface area contributed by atoms with E-state index < -0.39 is 29.0 Å². The van der Waals surface area contributed by atoms with Gasteiger partial charge >= 0.3 is 17.8 Å². The highest BCUT2D eigenvalue weighted by molar-refractivity contribution is 7.19. The van der Waals surface area contributed by atoms with Gasteiger partial charge in [0.1, 0.15) is 4.83 Å². The lowest BCUT2D eigenvalue weighted by atomic mass is 10.0. The van der Waals surface area contributed by atoms with Crippen molar-refractivity contribution in [2.24, 2.45) is 13.0 Å². The maximum Gasteiger partial charge on any atom is 0.416 e. The summed E-state index contributed by atoms with van der Waals surface area (Å²) in [6, 6.07) is 4.93. The van der Waals surface area contributed by atoms with Crippen molar-refractivity contribution < 1.29 is 23.1 Å². The van der Waals surface area contributed by atoms with Gasteiger partial charge in [-0.3, -0.25) is 13.9 Å². The zero-order valence-electron chi connectivity index (χ0n) is 15.8. The van der Waals surface area contributed by atoms with Crippen molar-refractivity contribution in [1.29, 1.82) is 0 Å². The number of aromatic carboxylic acids is 1. The fraction of sp³-hybridized carbons (Fsp3) is 0.350. The molecule has 2 aromatic heterocycles. The second-order valence-corrected chi connectivity index (χ2v) is 8.50. The van der Waals surface area contributed by atoms with Gasteiger partial charge in [0.25, 0.3) is 5.56 Å². The van der Waals surface area contributed by atoms with Crippen molar-refractivity contribution in [2.75, 3.05) is 0 Å². The minimum absolute atomic E-state index is 0.0908. The topological polar surface area (TPSA) is 81.3 Å². The van der Waals surface area contributed by atoms with Gasteiger partial charge in [-0.25, -0.2) is 9.59 Å². The number of carboxylic acid groups (broad SMARTS) is 1. The molecule has 2 heterocycles. The van der Waals surface area contributed by atoms with Crippen molar-refractivity contribution in [3.8, 4) is 0 Å². The molecular formula is C20H17F3N2O4S. The average molecular weight is 438 g/mol. The summed E-state index contributed by atoms with van der Waals surface area (Å²) in [7, 11) is 1.27. The molecule has 158 valence electrons. The molecule has 1 aromatic carbocycles. The first-order valence-corrected chi connectivity index (χ1v) is 10.0. The van der Waals surface area contributed by atoms with Gasteiger partial charge in [0, 0.05) is 24.9 Å². The van der Waals surface area contributed by atoms with Crippen molar-refractivity contribution in [3.05, 3.63) is 66.7 Å². The summed E-state index contributed by atoms with van der Waals surface area (Å²) in [4.78, 5) is 37.7. The summed E-state index contributed by atoms with van der Waals surface area (Å²) in [6.07, 6.45) is -3.04. The van der Waals surface area contributed by atoms with E-state index in [0.29, 0.717) is 6.54 Å². The predicted molar refractivity (Wildman–Crippen MR) is 105 cm³/mol. The van der Waals surface area contributed by atoms with Crippen LogP contribution in [0.5, 0.6) is 0 Å². The number of fused-ring (bicyclic) bond motifs is 1. The molecule has 4 rings (SSSR count). The van der Waals surface area contributed by atoms with Crippen molar-refractivity contribution in [3.63, 3.8) is 0 Å². The molecule has 1 N–H and O–H groups in total. The van der Waals surface area contributed by atoms with E-state index in [1.165, 1.54) is 29.8 Å². The Labute approximate surface area is 171 Å². The Morgan fingerprint density at radius 3 is 2.50 bits per heavy atom. The Morgan fingerprint density at radius 2 is 1.90 bits per heavy atom. The third-order valence-corrected chi connectivity index (χ3v) is 6.48. The third kappa shape index (κ3) is 3.45. The second kappa shape index (κ2) is 7.12. The Kier molecular flexibility index (Phi) is 4.84. The Balaban J connectivity index is 1.97. The van der Waals surface area contributed by atoms with Gasteiger partial charge in [-0.2, -0.15) is 13.2 Å². The zero-order chi connectivity index (χ0) is 21.8. The minimum atomic E-state index is -4.60. The molecule has 0 spiro atoms. The monoisotopic (exact) mass is 438 g/mol. The van der Waals surface area contributed by atoms with Crippen molar-refractivity contribution >= 4 is 27.5 Å². The first-order valence-electron chi connectivity index (χ1n) is 9.23. The van der Waals surface area contributed by atoms with E-state index in [0.717, 1.165) is 34.8 Å². The molecule has 30 heavy (non-hydrogen) atoms. The molecule has 0 atom stereocenters. The first kappa shape index (κ1) is 20.4. The maximum absolute atomic E-state index is 13.4. The van der Waals surface area contributed by atoms with Crippen molar-refractivity contribution in [1.82, 2.24) is 9.13 Å². The van der Waals surface area contributed by atoms with Crippen molar-refractivity contribution in [2.45, 2.75) is 32.0 Å². The van der Waals surface area contributed by atoms with Crippen LogP contribution in [-0.4, -0.2) is 20.2 Å². The number of benzene rings is 1. The normalized spacial score (nSPS) is 14.4. The van der Waals surface area contributed by atoms with Crippen LogP contribution in [0.4, 0.5) is 13.2 Å². The van der Waals surface area contributed by atoms with E-state index >= 15 is 0 Å². The number of hydrogen-bond donors (Lipinski definition) is 1. The van der Waals surface area contributed by atoms with Crippen LogP contribution in [0.15, 0.2) is 33.9 Å². The molecule has 0 aliphatic heterocycles. The summed E-state index contributed by atoms with van der Waals surface area (Å²) in [5.74, 6) is -1.14. The fourth-order valence-electron chi connectivity index (χ4n) is 3.57. The SMILES string of the molecule is Cn1c(=O)c2c(C(=O)O)c(Cc3ccccc3C(F)(F)F)sc2n(CC2CC2)c1=O. The lowest BCUT2D eigenvalue weighted by Crippen LogP contribution is -2.38. The molecule has 1 fully saturated rings. The maximum atomic E-state index is 13.4. The van der Waals surface area contributed by atoms with Crippen LogP contribution in [-0.2, 0) is 26.2 Å². The van der Waals surface area contributed by atoms with Gasteiger partial charge in [-0.15, -0.1) is 11.3 Å². The second-order valence-electron chi connectivity index (χ2n) is 7.42. The number of halogens is 3. The predicted octanol–water partition coefficient (Wildman–Crippen LogP) is 3.48. The van der Waals surface area contributed by atoms with Gasteiger partial charge in [0.2, 0.25) is 0 Å². The first-order chi connectivity index (χ1) is 14.1. The molecule has 1 saturated carbocycles. The molecule has 0 bridgehead atoms. The number of hydrogen-bond acceptors (Lipinski definition) is 4. The average Bonchev–Trinajstić information content (AvgIpc) is 3.42. The molecule has 3 aromatic rings. The molecule has 0 radical (unpaired) electrons. The number of carbonyl (C=O) groups is 1. The number of aromatic nitrogens is 2. The molecule has 1 aliphatic rings. The lowest BCUT2D eigenvalue weighted by Gasteiger charge is -2.12. The van der Waals surface area contributed by atoms with Crippen LogP contribution in [0.1, 0.15) is 39.2 Å². The Morgan fingerprint density at radius 1 is 1.23 bits per heavy atom. The summed E-state index contributed by atoms with van der Waals surface area (Å²) in [5.41, 5.74) is -2.60. The highest BCUT2D eigenvalue weighted by Crippen LogP contribution is 2.37. The summed E-state index contributed by atoms with van der Waals surface area (Å²) >= 11 is 0.901. The summed E-state index contributed by atoms with van der Waals surface area (Å²) < 4.78 is 42.4. The van der Waals surface area contributed by atoms with Gasteiger partial charge < -0.3 is 5.11 Å². The number of rotatable bonds is 5. The van der Waals surface area contributed by atoms with Gasteiger partial charge in [-0.05, 0) is 30.4 Å². The largest absolute Gasteiger partial charge is 0.478 e. The van der Waals surface area contributed by atoms with Gasteiger partial charge in [-0.1, -0.05) is 18.2 Å². The van der Waals surface area contributed by atoms with E-state index in [2.05, 4.69) is 0 Å². The molecule has 6 nitrogen and oxygen atoms in total. The van der Waals surface area contributed by atoms with E-state index in [-0.39, 0.29) is 38.6 Å². The highest BCUT2D eigenvalue weighted by Gasteiger charge is 2.34. The number of carboxylic acids is 1. The number of thiophene rings is 1. The smallest absolute Gasteiger partial charge is 0.416 e. The van der Waals surface area contributed by atoms with E-state index in [9.17, 15) is 32.7 Å². The minimum Gasteiger partial charge on any atom is -0.478 e. The number of alkyl halides is 3. The van der Waals surface area contributed by atoms with E-state index in [4.69, 9.17) is 0 Å². The van der Waals surface area contributed by atoms with E-state index in [1.807, 2.05) is 0 Å². The number of nitrogens with zero attached hydrogens (tertiary/aromatic N) is 2. The van der Waals surface area contributed by atoms with E-state index in [1.54, 1.807) is 0 Å². The van der Waals surface area contributed by atoms with Crippen LogP contribution >= 0.6 is 11.3 Å². The highest BCUT2D eigenvalue weighted by atomic mass is 32.1. The quantitative estimate of drug-likeness (QED) is 0.661. The fourth-order valence-corrected chi connectivity index (χ4v) is 4.88. The molecule has 0 saturated heterocycles. The standard InChI is InChI=1S/C20H17F3N2O4S/c1-24-16(26)15-14(18(27)28)13(8-11-4-2-3-5-12(11)20(21,22)23)30-17(15)25(19(24)29)9-10-6-7-10/h2-5,10H,6-9H2,1H3,(H,27,28). The third-order valence-electron chi connectivity index (χ3n) is 5.27. The van der Waals surface area contributed by atoms with Crippen LogP contribution < -0.4 is 11.2 Å². The Bertz CT molecular complexity index is 1280. The summed E-state index contributed by atoms with van der Waals surface area (Å²) in [6.45, 7) is 0.349. The van der Waals surface area contributed by atoms with Crippen LogP contribution in [0.3, 0.4) is 0 Å². The Hall–Kier alpha value is -2.88. The van der Waals surface area contributed by atoms with Crippen LogP contribution in [0.2, 0.25) is 0 Å². The zero-order valence-corrected chi connectivity index (χ0v) is 16.6. The van der Waals surface area contributed by atoms with Crippen LogP contribution in [0, 0.1) is 5.92 Å². The van der Waals surface area contributed by atoms with Gasteiger partial charge in [0.15, 0.2) is 0 Å². The van der Waals surface area contributed by atoms with Gasteiger partial charge in [0.05, 0.1) is 16.5 Å². The summed E-state index contributed by atoms with van der Waals surface area (Å²) in [5, 5.41) is 9.65. The molecule has 0 amide bonds. The molecule has 10 heteroatoms. The molecular weight excluding hydrogens is 421 g/mol.